The topological polar surface area (TPSA) is 49.4 Å². The van der Waals surface area contributed by atoms with Gasteiger partial charge in [-0.05, 0) is 42.3 Å². The van der Waals surface area contributed by atoms with Crippen molar-refractivity contribution in [3.63, 3.8) is 0 Å². The van der Waals surface area contributed by atoms with E-state index in [-0.39, 0.29) is 24.8 Å². The number of para-hydroxylation sites is 1. The van der Waals surface area contributed by atoms with E-state index in [0.717, 1.165) is 21.3 Å². The summed E-state index contributed by atoms with van der Waals surface area (Å²) < 4.78 is 1.42. The number of hydrogen-bond acceptors (Lipinski definition) is 4. The molecule has 3 rings (SSSR count). The summed E-state index contributed by atoms with van der Waals surface area (Å²) in [5.41, 5.74) is 2.69. The molecule has 2 aromatic carbocycles. The Bertz CT molecular complexity index is 943. The lowest BCUT2D eigenvalue weighted by molar-refractivity contribution is -0.122. The number of carbonyl (C=O) groups is 2. The van der Waals surface area contributed by atoms with Crippen molar-refractivity contribution in [3.8, 4) is 0 Å². The number of nitrogens with one attached hydrogen (secondary N) is 1. The van der Waals surface area contributed by atoms with Crippen LogP contribution in [-0.2, 0) is 9.59 Å². The first-order chi connectivity index (χ1) is 12.9. The molecule has 27 heavy (non-hydrogen) atoms. The van der Waals surface area contributed by atoms with Crippen molar-refractivity contribution < 1.29 is 9.59 Å². The van der Waals surface area contributed by atoms with Crippen LogP contribution in [0.5, 0.6) is 0 Å². The minimum absolute atomic E-state index is 0.144. The number of anilines is 1. The van der Waals surface area contributed by atoms with E-state index in [1.165, 1.54) is 16.7 Å². The highest BCUT2D eigenvalue weighted by atomic mass is 79.9. The van der Waals surface area contributed by atoms with Gasteiger partial charge in [-0.15, -0.1) is 0 Å². The Balaban J connectivity index is 1.62. The molecule has 1 fully saturated rings. The maximum absolute atomic E-state index is 12.6. The highest BCUT2D eigenvalue weighted by molar-refractivity contribution is 9.10. The average Bonchev–Trinajstić information content (AvgIpc) is 2.88. The van der Waals surface area contributed by atoms with E-state index < -0.39 is 0 Å². The Hall–Kier alpha value is -1.96. The van der Waals surface area contributed by atoms with Gasteiger partial charge in [0.1, 0.15) is 4.32 Å². The standard InChI is InChI=1S/C20H17BrN2O2S2/c1-13-5-2-3-8-16(13)22-18(24)9-10-23-19(25)17(27-20(23)26)12-14-6-4-7-15(21)11-14/h2-8,11-12H,9-10H2,1H3,(H,22,24)/b17-12-. The van der Waals surface area contributed by atoms with E-state index >= 15 is 0 Å². The highest BCUT2D eigenvalue weighted by Crippen LogP contribution is 2.33. The molecule has 1 aliphatic rings. The van der Waals surface area contributed by atoms with E-state index in [2.05, 4.69) is 21.2 Å². The van der Waals surface area contributed by atoms with E-state index in [1.54, 1.807) is 0 Å². The normalized spacial score (nSPS) is 15.5. The fourth-order valence-corrected chi connectivity index (χ4v) is 4.31. The highest BCUT2D eigenvalue weighted by Gasteiger charge is 2.32. The maximum Gasteiger partial charge on any atom is 0.266 e. The number of rotatable bonds is 5. The predicted octanol–water partition coefficient (Wildman–Crippen LogP) is 4.99. The summed E-state index contributed by atoms with van der Waals surface area (Å²) in [6.45, 7) is 2.20. The van der Waals surface area contributed by atoms with Crippen molar-refractivity contribution in [1.29, 1.82) is 0 Å². The molecule has 0 aliphatic carbocycles. The molecule has 1 aliphatic heterocycles. The Morgan fingerprint density at radius 3 is 2.78 bits per heavy atom. The molecule has 0 atom stereocenters. The van der Waals surface area contributed by atoms with Gasteiger partial charge in [-0.3, -0.25) is 14.5 Å². The molecule has 1 N–H and O–H groups in total. The average molecular weight is 461 g/mol. The van der Waals surface area contributed by atoms with Crippen LogP contribution in [0.4, 0.5) is 5.69 Å². The first-order valence-corrected chi connectivity index (χ1v) is 10.3. The van der Waals surface area contributed by atoms with Crippen LogP contribution in [0.3, 0.4) is 0 Å². The lowest BCUT2D eigenvalue weighted by Gasteiger charge is -2.14. The number of nitrogens with zero attached hydrogens (tertiary/aromatic N) is 1. The lowest BCUT2D eigenvalue weighted by atomic mass is 10.2. The van der Waals surface area contributed by atoms with Crippen molar-refractivity contribution >= 4 is 67.8 Å². The molecule has 4 nitrogen and oxygen atoms in total. The molecule has 138 valence electrons. The minimum atomic E-state index is -0.159. The zero-order chi connectivity index (χ0) is 19.4. The van der Waals surface area contributed by atoms with Crippen LogP contribution >= 0.6 is 39.9 Å². The van der Waals surface area contributed by atoms with Gasteiger partial charge in [-0.25, -0.2) is 0 Å². The number of hydrogen-bond donors (Lipinski definition) is 1. The zero-order valence-electron chi connectivity index (χ0n) is 14.6. The molecule has 2 amide bonds. The van der Waals surface area contributed by atoms with Gasteiger partial charge in [0.25, 0.3) is 5.91 Å². The largest absolute Gasteiger partial charge is 0.326 e. The second-order valence-corrected chi connectivity index (χ2v) is 8.59. The van der Waals surface area contributed by atoms with Crippen molar-refractivity contribution in [1.82, 2.24) is 4.90 Å². The molecule has 0 spiro atoms. The summed E-state index contributed by atoms with van der Waals surface area (Å²) in [5.74, 6) is -0.303. The lowest BCUT2D eigenvalue weighted by Crippen LogP contribution is -2.31. The third-order valence-corrected chi connectivity index (χ3v) is 5.87. The molecular weight excluding hydrogens is 444 g/mol. The van der Waals surface area contributed by atoms with E-state index in [9.17, 15) is 9.59 Å². The van der Waals surface area contributed by atoms with Gasteiger partial charge in [0.2, 0.25) is 5.91 Å². The van der Waals surface area contributed by atoms with Crippen LogP contribution in [0.1, 0.15) is 17.5 Å². The quantitative estimate of drug-likeness (QED) is 0.504. The molecule has 1 heterocycles. The van der Waals surface area contributed by atoms with Crippen molar-refractivity contribution in [2.75, 3.05) is 11.9 Å². The number of thiocarbonyl (C=S) groups is 1. The van der Waals surface area contributed by atoms with Crippen LogP contribution in [0, 0.1) is 6.92 Å². The van der Waals surface area contributed by atoms with Gasteiger partial charge in [-0.1, -0.05) is 70.2 Å². The second-order valence-electron chi connectivity index (χ2n) is 6.00. The fourth-order valence-electron chi connectivity index (χ4n) is 2.58. The Morgan fingerprint density at radius 1 is 1.26 bits per heavy atom. The molecule has 0 aromatic heterocycles. The summed E-state index contributed by atoms with van der Waals surface area (Å²) in [6, 6.07) is 15.3. The van der Waals surface area contributed by atoms with Crippen LogP contribution in [0.2, 0.25) is 0 Å². The molecule has 0 saturated carbocycles. The van der Waals surface area contributed by atoms with Crippen LogP contribution in [-0.4, -0.2) is 27.6 Å². The molecular formula is C20H17BrN2O2S2. The van der Waals surface area contributed by atoms with Crippen LogP contribution in [0.15, 0.2) is 57.9 Å². The third kappa shape index (κ3) is 5.06. The summed E-state index contributed by atoms with van der Waals surface area (Å²) in [6.07, 6.45) is 2.00. The van der Waals surface area contributed by atoms with Crippen LogP contribution in [0.25, 0.3) is 6.08 Å². The van der Waals surface area contributed by atoms with E-state index in [4.69, 9.17) is 12.2 Å². The van der Waals surface area contributed by atoms with Gasteiger partial charge in [-0.2, -0.15) is 0 Å². The number of thioether (sulfide) groups is 1. The number of benzene rings is 2. The van der Waals surface area contributed by atoms with Gasteiger partial charge in [0, 0.05) is 23.1 Å². The molecule has 1 saturated heterocycles. The third-order valence-electron chi connectivity index (χ3n) is 4.00. The fraction of sp³-hybridized carbons (Fsp3) is 0.150. The number of halogens is 1. The first kappa shape index (κ1) is 19.8. The second kappa shape index (κ2) is 8.82. The van der Waals surface area contributed by atoms with Crippen molar-refractivity contribution in [2.45, 2.75) is 13.3 Å². The van der Waals surface area contributed by atoms with Gasteiger partial charge >= 0.3 is 0 Å². The Labute approximate surface area is 176 Å². The molecule has 0 bridgehead atoms. The predicted molar refractivity (Wildman–Crippen MR) is 118 cm³/mol. The SMILES string of the molecule is Cc1ccccc1NC(=O)CCN1C(=O)/C(=C/c2cccc(Br)c2)SC1=S. The molecule has 0 radical (unpaired) electrons. The molecule has 0 unspecified atom stereocenters. The van der Waals surface area contributed by atoms with Crippen molar-refractivity contribution in [2.24, 2.45) is 0 Å². The number of carbonyl (C=O) groups excluding carboxylic acids is 2. The van der Waals surface area contributed by atoms with Crippen molar-refractivity contribution in [3.05, 3.63) is 69.0 Å². The molecule has 2 aromatic rings. The van der Waals surface area contributed by atoms with E-state index in [1.807, 2.05) is 61.5 Å². The van der Waals surface area contributed by atoms with Gasteiger partial charge < -0.3 is 5.32 Å². The monoisotopic (exact) mass is 460 g/mol. The first-order valence-electron chi connectivity index (χ1n) is 8.30. The van der Waals surface area contributed by atoms with E-state index in [0.29, 0.717) is 9.23 Å². The number of aryl methyl sites for hydroxylation is 1. The zero-order valence-corrected chi connectivity index (χ0v) is 17.8. The smallest absolute Gasteiger partial charge is 0.266 e. The Kier molecular flexibility index (Phi) is 6.46. The number of amides is 2. The van der Waals surface area contributed by atoms with Crippen LogP contribution < -0.4 is 5.32 Å². The maximum atomic E-state index is 12.6. The summed E-state index contributed by atoms with van der Waals surface area (Å²) in [4.78, 5) is 26.9. The summed E-state index contributed by atoms with van der Waals surface area (Å²) in [7, 11) is 0. The minimum Gasteiger partial charge on any atom is -0.326 e. The summed E-state index contributed by atoms with van der Waals surface area (Å²) >= 11 is 10.0. The Morgan fingerprint density at radius 2 is 2.04 bits per heavy atom. The summed E-state index contributed by atoms with van der Waals surface area (Å²) in [5, 5.41) is 2.87. The van der Waals surface area contributed by atoms with Gasteiger partial charge in [0.05, 0.1) is 4.91 Å². The van der Waals surface area contributed by atoms with Gasteiger partial charge in [0.15, 0.2) is 0 Å². The molecule has 7 heteroatoms.